The van der Waals surface area contributed by atoms with Crippen LogP contribution in [-0.2, 0) is 0 Å². The second-order valence-electron chi connectivity index (χ2n) is 4.13. The van der Waals surface area contributed by atoms with E-state index in [1.165, 1.54) is 25.8 Å². The van der Waals surface area contributed by atoms with Crippen molar-refractivity contribution in [1.29, 1.82) is 0 Å². The van der Waals surface area contributed by atoms with Gasteiger partial charge in [-0.1, -0.05) is 0 Å². The molecule has 11 heavy (non-hydrogen) atoms. The number of hydrogen-bond donors (Lipinski definition) is 1. The maximum Gasteiger partial charge on any atom is 0.0626 e. The number of rotatable bonds is 0. The molecule has 64 valence electrons. The first-order valence-corrected chi connectivity index (χ1v) is 4.73. The molecule has 0 spiro atoms. The highest BCUT2D eigenvalue weighted by Crippen LogP contribution is 2.30. The third kappa shape index (κ3) is 1.30. The van der Waals surface area contributed by atoms with Crippen LogP contribution < -0.4 is 5.32 Å². The van der Waals surface area contributed by atoms with Crippen molar-refractivity contribution in [3.8, 4) is 0 Å². The van der Waals surface area contributed by atoms with Gasteiger partial charge in [0.15, 0.2) is 0 Å². The van der Waals surface area contributed by atoms with E-state index in [9.17, 15) is 0 Å². The van der Waals surface area contributed by atoms with Crippen LogP contribution >= 0.6 is 0 Å². The van der Waals surface area contributed by atoms with Crippen LogP contribution in [0.1, 0.15) is 26.2 Å². The first-order chi connectivity index (χ1) is 5.27. The van der Waals surface area contributed by atoms with Crippen molar-refractivity contribution >= 4 is 0 Å². The molecular formula is C9H18N2. The van der Waals surface area contributed by atoms with Crippen LogP contribution in [0, 0.1) is 5.92 Å². The van der Waals surface area contributed by atoms with E-state index in [2.05, 4.69) is 24.2 Å². The smallest absolute Gasteiger partial charge is 0.0626 e. The summed E-state index contributed by atoms with van der Waals surface area (Å²) in [4.78, 5) is 2.47. The maximum atomic E-state index is 3.63. The minimum atomic E-state index is 0.693. The summed E-state index contributed by atoms with van der Waals surface area (Å²) in [6.45, 7) is 3.58. The van der Waals surface area contributed by atoms with E-state index >= 15 is 0 Å². The summed E-state index contributed by atoms with van der Waals surface area (Å²) < 4.78 is 0. The fourth-order valence-electron chi connectivity index (χ4n) is 2.58. The molecular weight excluding hydrogens is 136 g/mol. The number of nitrogens with one attached hydrogen (secondary N) is 1. The molecule has 2 nitrogen and oxygen atoms in total. The molecule has 1 N–H and O–H groups in total. The van der Waals surface area contributed by atoms with E-state index in [4.69, 9.17) is 0 Å². The highest BCUT2D eigenvalue weighted by molar-refractivity contribution is 4.90. The predicted octanol–water partition coefficient (Wildman–Crippen LogP) is 1.04. The molecule has 3 atom stereocenters. The monoisotopic (exact) mass is 154 g/mol. The highest BCUT2D eigenvalue weighted by Gasteiger charge is 2.35. The van der Waals surface area contributed by atoms with Gasteiger partial charge in [-0.05, 0) is 45.7 Å². The Bertz CT molecular complexity index is 146. The van der Waals surface area contributed by atoms with Gasteiger partial charge in [-0.15, -0.1) is 0 Å². The third-order valence-electron chi connectivity index (χ3n) is 3.12. The summed E-state index contributed by atoms with van der Waals surface area (Å²) >= 11 is 0. The van der Waals surface area contributed by atoms with Gasteiger partial charge < -0.3 is 0 Å². The molecule has 0 saturated carbocycles. The van der Waals surface area contributed by atoms with Gasteiger partial charge in [0.25, 0.3) is 0 Å². The molecule has 0 aromatic rings. The molecule has 2 aliphatic rings. The second-order valence-corrected chi connectivity index (χ2v) is 4.13. The lowest BCUT2D eigenvalue weighted by Gasteiger charge is -2.34. The van der Waals surface area contributed by atoms with Gasteiger partial charge in [-0.3, -0.25) is 10.2 Å². The van der Waals surface area contributed by atoms with E-state index in [1.54, 1.807) is 0 Å². The number of piperidine rings is 1. The average molecular weight is 154 g/mol. The van der Waals surface area contributed by atoms with Crippen LogP contribution in [0.5, 0.6) is 0 Å². The summed E-state index contributed by atoms with van der Waals surface area (Å²) in [6.07, 6.45) is 4.91. The first-order valence-electron chi connectivity index (χ1n) is 4.73. The Balaban J connectivity index is 2.03. The van der Waals surface area contributed by atoms with Crippen molar-refractivity contribution in [2.45, 2.75) is 38.4 Å². The number of hydrogen-bond acceptors (Lipinski definition) is 2. The van der Waals surface area contributed by atoms with Crippen molar-refractivity contribution in [2.24, 2.45) is 5.92 Å². The van der Waals surface area contributed by atoms with Gasteiger partial charge in [0, 0.05) is 6.04 Å². The van der Waals surface area contributed by atoms with Crippen LogP contribution in [0.2, 0.25) is 0 Å². The lowest BCUT2D eigenvalue weighted by Crippen LogP contribution is -2.47. The number of likely N-dealkylation sites (tertiary alicyclic amines) is 1. The molecule has 2 fully saturated rings. The summed E-state index contributed by atoms with van der Waals surface area (Å²) in [5, 5.41) is 3.63. The third-order valence-corrected chi connectivity index (χ3v) is 3.12. The summed E-state index contributed by atoms with van der Waals surface area (Å²) in [5.74, 6) is 0.934. The quantitative estimate of drug-likeness (QED) is 0.561. The minimum absolute atomic E-state index is 0.693. The fourth-order valence-corrected chi connectivity index (χ4v) is 2.58. The van der Waals surface area contributed by atoms with E-state index in [1.807, 2.05) is 0 Å². The molecule has 0 aliphatic carbocycles. The van der Waals surface area contributed by atoms with Gasteiger partial charge >= 0.3 is 0 Å². The topological polar surface area (TPSA) is 15.3 Å². The summed E-state index contributed by atoms with van der Waals surface area (Å²) in [7, 11) is 2.24. The van der Waals surface area contributed by atoms with Crippen molar-refractivity contribution in [3.05, 3.63) is 0 Å². The molecule has 2 saturated heterocycles. The number of nitrogens with zero attached hydrogens (tertiary/aromatic N) is 1. The normalized spacial score (nSPS) is 45.8. The lowest BCUT2D eigenvalue weighted by atomic mass is 9.94. The van der Waals surface area contributed by atoms with Crippen molar-refractivity contribution in [3.63, 3.8) is 0 Å². The van der Waals surface area contributed by atoms with Gasteiger partial charge in [0.1, 0.15) is 0 Å². The molecule has 0 bridgehead atoms. The molecule has 2 aliphatic heterocycles. The molecule has 0 amide bonds. The Hall–Kier alpha value is -0.0800. The van der Waals surface area contributed by atoms with Gasteiger partial charge in [0.05, 0.1) is 6.17 Å². The zero-order chi connectivity index (χ0) is 7.84. The maximum absolute atomic E-state index is 3.63. The standard InChI is InChI=1S/C9H18N2/c1-7-6-8-4-3-5-11(2)9(8)10-7/h7-10H,3-6H2,1-2H3. The largest absolute Gasteiger partial charge is 0.299 e. The SMILES string of the molecule is CC1CC2CCCN(C)C2N1. The first kappa shape index (κ1) is 7.56. The van der Waals surface area contributed by atoms with E-state index in [0.717, 1.165) is 12.0 Å². The van der Waals surface area contributed by atoms with Gasteiger partial charge in [-0.25, -0.2) is 0 Å². The molecule has 0 aromatic carbocycles. The molecule has 2 rings (SSSR count). The summed E-state index contributed by atoms with van der Waals surface area (Å²) in [6, 6.07) is 0.741. The molecule has 0 aromatic heterocycles. The van der Waals surface area contributed by atoms with Gasteiger partial charge in [0.2, 0.25) is 0 Å². The number of fused-ring (bicyclic) bond motifs is 1. The average Bonchev–Trinajstić information content (AvgIpc) is 2.31. The van der Waals surface area contributed by atoms with Crippen LogP contribution in [0.4, 0.5) is 0 Å². The Morgan fingerprint density at radius 3 is 3.00 bits per heavy atom. The molecule has 2 heterocycles. The van der Waals surface area contributed by atoms with E-state index < -0.39 is 0 Å². The van der Waals surface area contributed by atoms with Crippen LogP contribution in [0.15, 0.2) is 0 Å². The molecule has 3 unspecified atom stereocenters. The molecule has 2 heteroatoms. The Morgan fingerprint density at radius 1 is 1.45 bits per heavy atom. The van der Waals surface area contributed by atoms with Crippen molar-refractivity contribution < 1.29 is 0 Å². The van der Waals surface area contributed by atoms with E-state index in [0.29, 0.717) is 6.17 Å². The zero-order valence-electron chi connectivity index (χ0n) is 7.51. The van der Waals surface area contributed by atoms with Gasteiger partial charge in [-0.2, -0.15) is 0 Å². The Kier molecular flexibility index (Phi) is 1.90. The van der Waals surface area contributed by atoms with Crippen molar-refractivity contribution in [2.75, 3.05) is 13.6 Å². The fraction of sp³-hybridized carbons (Fsp3) is 1.00. The summed E-state index contributed by atoms with van der Waals surface area (Å²) in [5.41, 5.74) is 0. The van der Waals surface area contributed by atoms with Crippen LogP contribution in [-0.4, -0.2) is 30.7 Å². The zero-order valence-corrected chi connectivity index (χ0v) is 7.51. The molecule has 0 radical (unpaired) electrons. The van der Waals surface area contributed by atoms with Crippen LogP contribution in [0.25, 0.3) is 0 Å². The van der Waals surface area contributed by atoms with E-state index in [-0.39, 0.29) is 0 Å². The van der Waals surface area contributed by atoms with Crippen molar-refractivity contribution in [1.82, 2.24) is 10.2 Å². The Labute approximate surface area is 69.0 Å². The predicted molar refractivity (Wildman–Crippen MR) is 46.4 cm³/mol. The Morgan fingerprint density at radius 2 is 2.27 bits per heavy atom. The minimum Gasteiger partial charge on any atom is -0.299 e. The second kappa shape index (κ2) is 2.76. The highest BCUT2D eigenvalue weighted by atomic mass is 15.3. The van der Waals surface area contributed by atoms with Crippen LogP contribution in [0.3, 0.4) is 0 Å². The lowest BCUT2D eigenvalue weighted by molar-refractivity contribution is 0.128.